The van der Waals surface area contributed by atoms with Crippen molar-refractivity contribution >= 4 is 47.1 Å². The van der Waals surface area contributed by atoms with Crippen LogP contribution in [-0.2, 0) is 20.7 Å². The van der Waals surface area contributed by atoms with Crippen molar-refractivity contribution in [1.82, 2.24) is 35.3 Å². The molecule has 1 fully saturated rings. The second-order valence-electron chi connectivity index (χ2n) is 13.1. The largest absolute Gasteiger partial charge is 0.478 e. The Hall–Kier alpha value is -6.29. The summed E-state index contributed by atoms with van der Waals surface area (Å²) in [6.45, 7) is 4.43. The molecule has 0 spiro atoms. The molecular formula is C40H36ClFN8O6. The summed E-state index contributed by atoms with van der Waals surface area (Å²) in [6, 6.07) is 20.1. The van der Waals surface area contributed by atoms with Gasteiger partial charge in [-0.05, 0) is 93.7 Å². The van der Waals surface area contributed by atoms with Gasteiger partial charge in [-0.1, -0.05) is 41.9 Å². The molecule has 0 saturated carbocycles. The number of rotatable bonds is 11. The first-order valence-electron chi connectivity index (χ1n) is 17.8. The Balaban J connectivity index is 1.16. The first-order chi connectivity index (χ1) is 27.2. The molecule has 0 aliphatic carbocycles. The molecule has 7 rings (SSSR count). The molecule has 3 amide bonds. The van der Waals surface area contributed by atoms with Crippen molar-refractivity contribution in [1.29, 1.82) is 0 Å². The van der Waals surface area contributed by atoms with Crippen molar-refractivity contribution in [2.75, 3.05) is 51.3 Å². The lowest BCUT2D eigenvalue weighted by molar-refractivity contribution is -0.135. The molecule has 3 N–H and O–H groups in total. The van der Waals surface area contributed by atoms with E-state index in [2.05, 4.69) is 31.1 Å². The zero-order chi connectivity index (χ0) is 39.2. The van der Waals surface area contributed by atoms with Crippen molar-refractivity contribution < 1.29 is 33.4 Å². The Labute approximate surface area is 325 Å². The lowest BCUT2D eigenvalue weighted by Gasteiger charge is -2.37. The highest BCUT2D eigenvalue weighted by Crippen LogP contribution is 2.37. The monoisotopic (exact) mass is 778 g/mol. The number of tetrazole rings is 1. The molecule has 16 heteroatoms. The second kappa shape index (κ2) is 17.0. The van der Waals surface area contributed by atoms with Crippen LogP contribution in [0.5, 0.6) is 0 Å². The number of morpholine rings is 1. The highest BCUT2D eigenvalue weighted by Gasteiger charge is 2.36. The molecule has 3 heterocycles. The predicted molar refractivity (Wildman–Crippen MR) is 205 cm³/mol. The Bertz CT molecular complexity index is 2280. The van der Waals surface area contributed by atoms with Crippen LogP contribution in [-0.4, -0.2) is 105 Å². The van der Waals surface area contributed by atoms with Crippen LogP contribution >= 0.6 is 11.6 Å². The molecule has 1 saturated heterocycles. The number of carbonyl (C=O) groups excluding carboxylic acids is 3. The maximum Gasteiger partial charge on any atom is 0.335 e. The third kappa shape index (κ3) is 8.34. The standard InChI is InChI=1S/C40H36ClFN8O6/c41-33-13-14-34(50-24-44-46-47-50)32(36(33)42)12-15-35(51)49-18-16-30-29(25-4-6-26(7-5-25)38(52)43-17-19-48-20-22-56-23-21-48)2-1-3-31(30)37(49)39(53)45-28-10-8-27(9-11-28)40(54)55/h1-15,24,37H,16-23H2,(H,43,52)(H,45,53)(H,54,55)/b15-12+. The number of nitrogens with zero attached hydrogens (tertiary/aromatic N) is 6. The van der Waals surface area contributed by atoms with E-state index in [0.29, 0.717) is 43.0 Å². The highest BCUT2D eigenvalue weighted by atomic mass is 35.5. The third-order valence-corrected chi connectivity index (χ3v) is 10.0. The van der Waals surface area contributed by atoms with E-state index in [9.17, 15) is 24.3 Å². The van der Waals surface area contributed by atoms with Gasteiger partial charge in [0.1, 0.15) is 12.4 Å². The number of halogens is 2. The zero-order valence-corrected chi connectivity index (χ0v) is 30.7. The Morgan fingerprint density at radius 2 is 1.70 bits per heavy atom. The minimum atomic E-state index is -1.13. The molecule has 2 aliphatic rings. The van der Waals surface area contributed by atoms with E-state index in [0.717, 1.165) is 36.3 Å². The number of aromatic nitrogens is 4. The minimum absolute atomic E-state index is 0.0356. The zero-order valence-electron chi connectivity index (χ0n) is 29.9. The molecule has 0 radical (unpaired) electrons. The SMILES string of the molecule is O=C(O)c1ccc(NC(=O)C2c3cccc(-c4ccc(C(=O)NCCN5CCOCC5)cc4)c3CCN2C(=O)/C=C/c2c(-n3cnnn3)ccc(Cl)c2F)cc1. The summed E-state index contributed by atoms with van der Waals surface area (Å²) in [5.41, 5.74) is 4.16. The maximum absolute atomic E-state index is 15.4. The van der Waals surface area contributed by atoms with Crippen molar-refractivity contribution in [3.8, 4) is 16.8 Å². The fourth-order valence-corrected chi connectivity index (χ4v) is 7.02. The molecule has 1 aromatic heterocycles. The molecule has 1 unspecified atom stereocenters. The first kappa shape index (κ1) is 38.0. The number of amides is 3. The number of hydrogen-bond donors (Lipinski definition) is 3. The van der Waals surface area contributed by atoms with Crippen LogP contribution in [0.2, 0.25) is 5.02 Å². The molecular weight excluding hydrogens is 743 g/mol. The minimum Gasteiger partial charge on any atom is -0.478 e. The summed E-state index contributed by atoms with van der Waals surface area (Å²) in [6.07, 6.45) is 4.10. The van der Waals surface area contributed by atoms with Crippen molar-refractivity contribution in [3.63, 3.8) is 0 Å². The van der Waals surface area contributed by atoms with E-state index < -0.39 is 29.6 Å². The Morgan fingerprint density at radius 3 is 2.41 bits per heavy atom. The summed E-state index contributed by atoms with van der Waals surface area (Å²) in [5.74, 6) is -3.20. The quantitative estimate of drug-likeness (QED) is 0.160. The first-order valence-corrected chi connectivity index (χ1v) is 18.2. The van der Waals surface area contributed by atoms with Gasteiger partial charge in [0.05, 0.1) is 29.5 Å². The number of ether oxygens (including phenoxy) is 1. The number of hydrogen-bond acceptors (Lipinski definition) is 9. The van der Waals surface area contributed by atoms with E-state index in [1.165, 1.54) is 64.5 Å². The average molecular weight is 779 g/mol. The lowest BCUT2D eigenvalue weighted by atomic mass is 9.85. The van der Waals surface area contributed by atoms with Gasteiger partial charge in [0, 0.05) is 55.6 Å². The lowest BCUT2D eigenvalue weighted by Crippen LogP contribution is -2.45. The van der Waals surface area contributed by atoms with E-state index in [1.54, 1.807) is 24.3 Å². The van der Waals surface area contributed by atoms with Crippen LogP contribution in [0.15, 0.2) is 91.3 Å². The molecule has 14 nitrogen and oxygen atoms in total. The summed E-state index contributed by atoms with van der Waals surface area (Å²) in [5, 5.41) is 26.0. The van der Waals surface area contributed by atoms with Gasteiger partial charge in [0.15, 0.2) is 5.82 Å². The van der Waals surface area contributed by atoms with Gasteiger partial charge < -0.3 is 25.4 Å². The van der Waals surface area contributed by atoms with Crippen LogP contribution in [0.25, 0.3) is 22.9 Å². The number of aromatic carboxylic acids is 1. The van der Waals surface area contributed by atoms with Gasteiger partial charge in [-0.2, -0.15) is 4.68 Å². The molecule has 2 aliphatic heterocycles. The van der Waals surface area contributed by atoms with E-state index in [-0.39, 0.29) is 34.3 Å². The molecule has 1 atom stereocenters. The maximum atomic E-state index is 15.4. The van der Waals surface area contributed by atoms with Crippen LogP contribution in [0.1, 0.15) is 43.4 Å². The molecule has 0 bridgehead atoms. The number of carbonyl (C=O) groups is 4. The number of benzene rings is 4. The van der Waals surface area contributed by atoms with Gasteiger partial charge in [0.25, 0.3) is 11.8 Å². The molecule has 56 heavy (non-hydrogen) atoms. The number of carboxylic acid groups (broad SMARTS) is 1. The van der Waals surface area contributed by atoms with Crippen molar-refractivity contribution in [3.05, 3.63) is 130 Å². The van der Waals surface area contributed by atoms with Crippen LogP contribution in [0.3, 0.4) is 0 Å². The fourth-order valence-electron chi connectivity index (χ4n) is 6.86. The van der Waals surface area contributed by atoms with E-state index >= 15 is 4.39 Å². The summed E-state index contributed by atoms with van der Waals surface area (Å²) >= 11 is 6.10. The van der Waals surface area contributed by atoms with E-state index in [1.807, 2.05) is 18.2 Å². The molecule has 286 valence electrons. The van der Waals surface area contributed by atoms with Crippen molar-refractivity contribution in [2.45, 2.75) is 12.5 Å². The highest BCUT2D eigenvalue weighted by molar-refractivity contribution is 6.31. The third-order valence-electron chi connectivity index (χ3n) is 9.73. The smallest absolute Gasteiger partial charge is 0.335 e. The van der Waals surface area contributed by atoms with Crippen LogP contribution in [0, 0.1) is 5.82 Å². The van der Waals surface area contributed by atoms with E-state index in [4.69, 9.17) is 16.3 Å². The Morgan fingerprint density at radius 1 is 0.946 bits per heavy atom. The van der Waals surface area contributed by atoms with Gasteiger partial charge in [0.2, 0.25) is 5.91 Å². The van der Waals surface area contributed by atoms with Gasteiger partial charge in [-0.15, -0.1) is 5.10 Å². The topological polar surface area (TPSA) is 172 Å². The van der Waals surface area contributed by atoms with Gasteiger partial charge >= 0.3 is 5.97 Å². The summed E-state index contributed by atoms with van der Waals surface area (Å²) < 4.78 is 22.0. The Kier molecular flexibility index (Phi) is 11.6. The summed E-state index contributed by atoms with van der Waals surface area (Å²) in [4.78, 5) is 56.2. The summed E-state index contributed by atoms with van der Waals surface area (Å²) in [7, 11) is 0. The number of anilines is 1. The number of fused-ring (bicyclic) bond motifs is 1. The van der Waals surface area contributed by atoms with Crippen molar-refractivity contribution in [2.24, 2.45) is 0 Å². The van der Waals surface area contributed by atoms with Crippen LogP contribution in [0.4, 0.5) is 10.1 Å². The average Bonchev–Trinajstić information content (AvgIpc) is 3.76. The normalized spacial score (nSPS) is 15.7. The fraction of sp³-hybridized carbons (Fsp3) is 0.225. The number of carboxylic acids is 1. The van der Waals surface area contributed by atoms with Crippen LogP contribution < -0.4 is 10.6 Å². The van der Waals surface area contributed by atoms with Gasteiger partial charge in [-0.25, -0.2) is 9.18 Å². The number of nitrogens with one attached hydrogen (secondary N) is 2. The predicted octanol–water partition coefficient (Wildman–Crippen LogP) is 4.66. The molecule has 4 aromatic carbocycles. The van der Waals surface area contributed by atoms with Gasteiger partial charge in [-0.3, -0.25) is 19.3 Å². The molecule has 5 aromatic rings. The second-order valence-corrected chi connectivity index (χ2v) is 13.5.